The van der Waals surface area contributed by atoms with E-state index in [9.17, 15) is 22.4 Å². The molecule has 0 unspecified atom stereocenters. The number of carbonyl (C=O) groups is 1. The summed E-state index contributed by atoms with van der Waals surface area (Å²) in [7, 11) is 1.45. The Bertz CT molecular complexity index is 1740. The van der Waals surface area contributed by atoms with Crippen LogP contribution in [0.15, 0.2) is 66.9 Å². The van der Waals surface area contributed by atoms with Crippen molar-refractivity contribution < 1.29 is 27.1 Å². The Hall–Kier alpha value is -4.51. The number of hydrogen-bond acceptors (Lipinski definition) is 5. The second-order valence-corrected chi connectivity index (χ2v) is 8.89. The average Bonchev–Trinajstić information content (AvgIpc) is 3.28. The van der Waals surface area contributed by atoms with Crippen LogP contribution in [0.1, 0.15) is 21.5 Å². The van der Waals surface area contributed by atoms with Crippen LogP contribution < -0.4 is 10.1 Å². The molecule has 5 rings (SSSR count). The highest BCUT2D eigenvalue weighted by Crippen LogP contribution is 2.37. The summed E-state index contributed by atoms with van der Waals surface area (Å²) in [6.45, 7) is 1.62. The van der Waals surface area contributed by atoms with Crippen LogP contribution in [0, 0.1) is 12.7 Å². The molecule has 39 heavy (non-hydrogen) atoms. The summed E-state index contributed by atoms with van der Waals surface area (Å²) in [5.41, 5.74) is 1.54. The molecule has 198 valence electrons. The number of methoxy groups -OCH3 is 1. The number of alkyl halides is 3. The van der Waals surface area contributed by atoms with Crippen molar-refractivity contribution in [3.8, 4) is 28.3 Å². The van der Waals surface area contributed by atoms with Crippen LogP contribution in [0.3, 0.4) is 0 Å². The molecule has 0 bridgehead atoms. The lowest BCUT2D eigenvalue weighted by atomic mass is 10.0. The van der Waals surface area contributed by atoms with Crippen molar-refractivity contribution in [1.82, 2.24) is 19.6 Å². The van der Waals surface area contributed by atoms with E-state index in [0.29, 0.717) is 39.5 Å². The minimum Gasteiger partial charge on any atom is -0.493 e. The first-order chi connectivity index (χ1) is 18.5. The van der Waals surface area contributed by atoms with Crippen molar-refractivity contribution >= 4 is 29.0 Å². The zero-order valence-electron chi connectivity index (χ0n) is 20.3. The lowest BCUT2D eigenvalue weighted by Gasteiger charge is -2.11. The Morgan fingerprint density at radius 3 is 2.56 bits per heavy atom. The Morgan fingerprint density at radius 2 is 1.85 bits per heavy atom. The number of fused-ring (bicyclic) bond motifs is 1. The van der Waals surface area contributed by atoms with Crippen LogP contribution in [0.25, 0.3) is 28.2 Å². The fraction of sp³-hybridized carbons (Fsp3) is 0.111. The highest BCUT2D eigenvalue weighted by Gasteiger charge is 2.31. The van der Waals surface area contributed by atoms with Crippen LogP contribution >= 0.6 is 11.6 Å². The van der Waals surface area contributed by atoms with Gasteiger partial charge in [0.05, 0.1) is 18.4 Å². The Morgan fingerprint density at radius 1 is 1.05 bits per heavy atom. The molecule has 1 amide bonds. The topological polar surface area (TPSA) is 81.4 Å². The van der Waals surface area contributed by atoms with Crippen LogP contribution in [0.2, 0.25) is 5.15 Å². The van der Waals surface area contributed by atoms with Crippen LogP contribution in [0.5, 0.6) is 5.75 Å². The van der Waals surface area contributed by atoms with E-state index in [0.717, 1.165) is 18.2 Å². The van der Waals surface area contributed by atoms with Gasteiger partial charge in [0.1, 0.15) is 17.3 Å². The minimum absolute atomic E-state index is 0.0695. The van der Waals surface area contributed by atoms with Gasteiger partial charge in [0.15, 0.2) is 16.5 Å². The predicted molar refractivity (Wildman–Crippen MR) is 137 cm³/mol. The number of imidazole rings is 1. The molecule has 0 spiro atoms. The smallest absolute Gasteiger partial charge is 0.416 e. The van der Waals surface area contributed by atoms with Crippen molar-refractivity contribution in [3.05, 3.63) is 94.5 Å². The van der Waals surface area contributed by atoms with Gasteiger partial charge in [-0.1, -0.05) is 17.7 Å². The maximum Gasteiger partial charge on any atom is 0.416 e. The Kier molecular flexibility index (Phi) is 6.69. The van der Waals surface area contributed by atoms with Gasteiger partial charge in [0, 0.05) is 29.0 Å². The zero-order valence-corrected chi connectivity index (χ0v) is 21.1. The number of anilines is 1. The molecule has 0 atom stereocenters. The van der Waals surface area contributed by atoms with E-state index >= 15 is 0 Å². The summed E-state index contributed by atoms with van der Waals surface area (Å²) in [5, 5.41) is 7.02. The summed E-state index contributed by atoms with van der Waals surface area (Å²) in [6, 6.07) is 13.2. The molecule has 0 aliphatic heterocycles. The molecule has 0 saturated heterocycles. The first-order valence-corrected chi connectivity index (χ1v) is 11.8. The maximum atomic E-state index is 14.0. The van der Waals surface area contributed by atoms with E-state index in [2.05, 4.69) is 15.4 Å². The summed E-state index contributed by atoms with van der Waals surface area (Å²) in [4.78, 5) is 21.6. The molecule has 5 aromatic rings. The van der Waals surface area contributed by atoms with Crippen molar-refractivity contribution in [1.29, 1.82) is 0 Å². The number of rotatable bonds is 5. The minimum atomic E-state index is -4.60. The van der Waals surface area contributed by atoms with Gasteiger partial charge in [-0.05, 0) is 61.0 Å². The first-order valence-electron chi connectivity index (χ1n) is 11.4. The molecule has 0 aliphatic carbocycles. The molecule has 0 fully saturated rings. The van der Waals surface area contributed by atoms with Crippen molar-refractivity contribution in [2.24, 2.45) is 0 Å². The summed E-state index contributed by atoms with van der Waals surface area (Å²) < 4.78 is 60.2. The molecule has 1 N–H and O–H groups in total. The predicted octanol–water partition coefficient (Wildman–Crippen LogP) is 6.84. The number of hydrogen-bond donors (Lipinski definition) is 1. The van der Waals surface area contributed by atoms with E-state index in [-0.39, 0.29) is 22.4 Å². The van der Waals surface area contributed by atoms with Crippen LogP contribution in [-0.2, 0) is 6.18 Å². The number of ether oxygens (including phenoxy) is 1. The van der Waals surface area contributed by atoms with Crippen molar-refractivity contribution in [3.63, 3.8) is 0 Å². The molecule has 7 nitrogen and oxygen atoms in total. The normalized spacial score (nSPS) is 11.6. The number of amides is 1. The molecule has 2 aromatic carbocycles. The van der Waals surface area contributed by atoms with E-state index in [1.165, 1.54) is 42.1 Å². The van der Waals surface area contributed by atoms with Gasteiger partial charge < -0.3 is 10.1 Å². The lowest BCUT2D eigenvalue weighted by molar-refractivity contribution is -0.137. The number of aryl methyl sites for hydroxylation is 1. The summed E-state index contributed by atoms with van der Waals surface area (Å²) >= 11 is 6.24. The van der Waals surface area contributed by atoms with Gasteiger partial charge in [0.2, 0.25) is 0 Å². The van der Waals surface area contributed by atoms with Crippen LogP contribution in [-0.4, -0.2) is 32.6 Å². The summed E-state index contributed by atoms with van der Waals surface area (Å²) in [5.74, 6) is -0.749. The van der Waals surface area contributed by atoms with Gasteiger partial charge in [-0.2, -0.15) is 18.3 Å². The standard InChI is InChI=1S/C27H18ClF4N5O2/c1-14-10-15(6-7-19(14)29)23-24(37-25(35-23)20(39-2)13-21(28)36-37)16-8-9-33-22(12-16)34-26(38)17-4-3-5-18(11-17)27(30,31)32/h3-13H,1-2H3,(H,33,34,38). The van der Waals surface area contributed by atoms with Crippen molar-refractivity contribution in [2.75, 3.05) is 12.4 Å². The molecule has 3 aromatic heterocycles. The molecular weight excluding hydrogens is 538 g/mol. The molecular formula is C27H18ClF4N5O2. The third-order valence-corrected chi connectivity index (χ3v) is 6.08. The zero-order chi connectivity index (χ0) is 27.9. The fourth-order valence-corrected chi connectivity index (χ4v) is 4.21. The lowest BCUT2D eigenvalue weighted by Crippen LogP contribution is -2.14. The van der Waals surface area contributed by atoms with E-state index in [1.807, 2.05) is 0 Å². The average molecular weight is 556 g/mol. The van der Waals surface area contributed by atoms with Gasteiger partial charge in [-0.25, -0.2) is 18.9 Å². The molecule has 0 aliphatic rings. The molecule has 12 heteroatoms. The van der Waals surface area contributed by atoms with Gasteiger partial charge in [-0.15, -0.1) is 0 Å². The second-order valence-electron chi connectivity index (χ2n) is 8.51. The number of benzene rings is 2. The molecule has 3 heterocycles. The van der Waals surface area contributed by atoms with Gasteiger partial charge in [0.25, 0.3) is 5.91 Å². The van der Waals surface area contributed by atoms with Gasteiger partial charge in [-0.3, -0.25) is 4.79 Å². The van der Waals surface area contributed by atoms with E-state index in [4.69, 9.17) is 21.3 Å². The maximum absolute atomic E-state index is 14.0. The van der Waals surface area contributed by atoms with E-state index in [1.54, 1.807) is 25.1 Å². The third kappa shape index (κ3) is 5.13. The largest absolute Gasteiger partial charge is 0.493 e. The highest BCUT2D eigenvalue weighted by atomic mass is 35.5. The number of halogens is 5. The van der Waals surface area contributed by atoms with Gasteiger partial charge >= 0.3 is 6.18 Å². The van der Waals surface area contributed by atoms with Crippen molar-refractivity contribution in [2.45, 2.75) is 13.1 Å². The fourth-order valence-electron chi connectivity index (χ4n) is 4.04. The Labute approximate surface area is 224 Å². The third-order valence-electron chi connectivity index (χ3n) is 5.90. The molecule has 0 radical (unpaired) electrons. The van der Waals surface area contributed by atoms with Crippen LogP contribution in [0.4, 0.5) is 23.4 Å². The number of nitrogens with zero attached hydrogens (tertiary/aromatic N) is 4. The number of carbonyl (C=O) groups excluding carboxylic acids is 1. The Balaban J connectivity index is 1.61. The SMILES string of the molecule is COc1cc(Cl)nn2c(-c3ccnc(NC(=O)c4cccc(C(F)(F)F)c4)c3)c(-c3ccc(F)c(C)c3)nc12. The highest BCUT2D eigenvalue weighted by molar-refractivity contribution is 6.29. The number of nitrogens with one attached hydrogen (secondary N) is 1. The number of aromatic nitrogens is 4. The first kappa shape index (κ1) is 26.1. The quantitative estimate of drug-likeness (QED) is 0.240. The second kappa shape index (κ2) is 9.99. The summed E-state index contributed by atoms with van der Waals surface area (Å²) in [6.07, 6.45) is -3.18. The number of pyridine rings is 1. The molecule has 0 saturated carbocycles. The van der Waals surface area contributed by atoms with E-state index < -0.39 is 17.6 Å². The monoisotopic (exact) mass is 555 g/mol.